The van der Waals surface area contributed by atoms with Crippen LogP contribution in [-0.4, -0.2) is 36.0 Å². The van der Waals surface area contributed by atoms with Gasteiger partial charge in [-0.15, -0.1) is 0 Å². The Morgan fingerprint density at radius 1 is 1.09 bits per heavy atom. The first-order valence-corrected chi connectivity index (χ1v) is 11.3. The van der Waals surface area contributed by atoms with Crippen LogP contribution >= 0.6 is 11.6 Å². The number of rotatable bonds is 6. The number of hydrogen-bond donors (Lipinski definition) is 2. The van der Waals surface area contributed by atoms with E-state index in [2.05, 4.69) is 20.6 Å². The first-order chi connectivity index (χ1) is 15.8. The molecule has 2 N–H and O–H groups in total. The lowest BCUT2D eigenvalue weighted by molar-refractivity contribution is -0.126. The topological polar surface area (TPSA) is 70.2 Å². The highest BCUT2D eigenvalue weighted by atomic mass is 35.5. The quantitative estimate of drug-likeness (QED) is 0.532. The Morgan fingerprint density at radius 3 is 2.52 bits per heavy atom. The van der Waals surface area contributed by atoms with Crippen molar-refractivity contribution in [1.29, 1.82) is 0 Å². The minimum Gasteiger partial charge on any atom is -0.362 e. The molecular weight excluding hydrogens is 448 g/mol. The third-order valence-electron chi connectivity index (χ3n) is 5.93. The van der Waals surface area contributed by atoms with Crippen LogP contribution in [0.4, 0.5) is 20.5 Å². The SMILES string of the molecule is CN(C)c1nc(N[C@H]2CC[C@@H](C(=O)NCc3cccc(Cl)c3)CC2)nc2cc(F)c(F)cc12. The normalized spacial score (nSPS) is 18.2. The minimum absolute atomic E-state index is 0.0442. The average Bonchev–Trinajstić information content (AvgIpc) is 2.78. The number of halogens is 3. The van der Waals surface area contributed by atoms with E-state index in [1.807, 2.05) is 18.2 Å². The van der Waals surface area contributed by atoms with E-state index in [9.17, 15) is 13.6 Å². The number of nitrogens with one attached hydrogen (secondary N) is 2. The summed E-state index contributed by atoms with van der Waals surface area (Å²) >= 11 is 6.00. The van der Waals surface area contributed by atoms with Gasteiger partial charge in [0.05, 0.1) is 5.52 Å². The predicted molar refractivity (Wildman–Crippen MR) is 126 cm³/mol. The van der Waals surface area contributed by atoms with Crippen LogP contribution in [0.5, 0.6) is 0 Å². The fourth-order valence-electron chi connectivity index (χ4n) is 4.18. The van der Waals surface area contributed by atoms with Gasteiger partial charge < -0.3 is 15.5 Å². The molecule has 174 valence electrons. The van der Waals surface area contributed by atoms with Gasteiger partial charge in [-0.25, -0.2) is 13.8 Å². The van der Waals surface area contributed by atoms with Gasteiger partial charge in [0.15, 0.2) is 11.6 Å². The number of amides is 1. The number of fused-ring (bicyclic) bond motifs is 1. The molecule has 0 radical (unpaired) electrons. The summed E-state index contributed by atoms with van der Waals surface area (Å²) in [6.45, 7) is 0.451. The van der Waals surface area contributed by atoms with Crippen molar-refractivity contribution < 1.29 is 13.6 Å². The molecule has 0 aliphatic heterocycles. The maximum absolute atomic E-state index is 13.8. The highest BCUT2D eigenvalue weighted by Crippen LogP contribution is 2.29. The summed E-state index contributed by atoms with van der Waals surface area (Å²) < 4.78 is 27.5. The maximum Gasteiger partial charge on any atom is 0.225 e. The standard InChI is InChI=1S/C24H26ClF2N5O/c1-32(2)22-18-11-19(26)20(27)12-21(18)30-24(31-22)29-17-8-6-15(7-9-17)23(33)28-13-14-4-3-5-16(25)10-14/h3-5,10-12,15,17H,6-9,13H2,1-2H3,(H,28,33)(H,29,30,31)/t15-,17+. The second kappa shape index (κ2) is 9.87. The monoisotopic (exact) mass is 473 g/mol. The van der Waals surface area contributed by atoms with Crippen molar-refractivity contribution in [2.75, 3.05) is 24.3 Å². The van der Waals surface area contributed by atoms with Crippen molar-refractivity contribution in [2.24, 2.45) is 5.92 Å². The van der Waals surface area contributed by atoms with Gasteiger partial charge in [0.2, 0.25) is 11.9 Å². The van der Waals surface area contributed by atoms with Gasteiger partial charge in [0, 0.05) is 49.1 Å². The second-order valence-corrected chi connectivity index (χ2v) is 9.03. The first-order valence-electron chi connectivity index (χ1n) is 10.9. The van der Waals surface area contributed by atoms with E-state index < -0.39 is 11.6 Å². The van der Waals surface area contributed by atoms with Crippen molar-refractivity contribution in [2.45, 2.75) is 38.3 Å². The molecule has 33 heavy (non-hydrogen) atoms. The van der Waals surface area contributed by atoms with Crippen molar-refractivity contribution in [3.8, 4) is 0 Å². The fraction of sp³-hybridized carbons (Fsp3) is 0.375. The molecule has 0 bridgehead atoms. The molecule has 6 nitrogen and oxygen atoms in total. The largest absolute Gasteiger partial charge is 0.362 e. The van der Waals surface area contributed by atoms with E-state index >= 15 is 0 Å². The summed E-state index contributed by atoms with van der Waals surface area (Å²) in [6.07, 6.45) is 3.05. The molecular formula is C24H26ClF2N5O. The Morgan fingerprint density at radius 2 is 1.82 bits per heavy atom. The van der Waals surface area contributed by atoms with Gasteiger partial charge in [0.1, 0.15) is 5.82 Å². The number of aromatic nitrogens is 2. The van der Waals surface area contributed by atoms with Gasteiger partial charge in [-0.05, 0) is 49.4 Å². The van der Waals surface area contributed by atoms with Crippen LogP contribution in [0.15, 0.2) is 36.4 Å². The molecule has 0 atom stereocenters. The highest BCUT2D eigenvalue weighted by molar-refractivity contribution is 6.30. The average molecular weight is 474 g/mol. The van der Waals surface area contributed by atoms with E-state index in [1.165, 1.54) is 0 Å². The summed E-state index contributed by atoms with van der Waals surface area (Å²) in [7, 11) is 3.58. The van der Waals surface area contributed by atoms with E-state index in [1.54, 1.807) is 25.1 Å². The number of carbonyl (C=O) groups is 1. The van der Waals surface area contributed by atoms with E-state index in [4.69, 9.17) is 11.6 Å². The van der Waals surface area contributed by atoms with Crippen LogP contribution in [0, 0.1) is 17.6 Å². The molecule has 1 amide bonds. The number of anilines is 2. The molecule has 0 spiro atoms. The minimum atomic E-state index is -0.943. The Labute approximate surface area is 196 Å². The summed E-state index contributed by atoms with van der Waals surface area (Å²) in [4.78, 5) is 23.2. The molecule has 2 aromatic carbocycles. The molecule has 1 saturated carbocycles. The molecule has 1 heterocycles. The number of nitrogens with zero attached hydrogens (tertiary/aromatic N) is 3. The van der Waals surface area contributed by atoms with Crippen LogP contribution in [0.1, 0.15) is 31.2 Å². The van der Waals surface area contributed by atoms with Crippen molar-refractivity contribution in [3.05, 3.63) is 58.6 Å². The van der Waals surface area contributed by atoms with Gasteiger partial charge >= 0.3 is 0 Å². The lowest BCUT2D eigenvalue weighted by atomic mass is 9.85. The number of hydrogen-bond acceptors (Lipinski definition) is 5. The number of carbonyl (C=O) groups excluding carboxylic acids is 1. The lowest BCUT2D eigenvalue weighted by Gasteiger charge is -2.28. The Bertz CT molecular complexity index is 1170. The zero-order valence-electron chi connectivity index (χ0n) is 18.5. The smallest absolute Gasteiger partial charge is 0.225 e. The Balaban J connectivity index is 1.37. The van der Waals surface area contributed by atoms with Crippen LogP contribution in [0.25, 0.3) is 10.9 Å². The molecule has 0 unspecified atom stereocenters. The fourth-order valence-corrected chi connectivity index (χ4v) is 4.39. The van der Waals surface area contributed by atoms with E-state index in [0.717, 1.165) is 43.4 Å². The summed E-state index contributed by atoms with van der Waals surface area (Å²) in [5, 5.41) is 7.41. The molecule has 1 aliphatic rings. The summed E-state index contributed by atoms with van der Waals surface area (Å²) in [5.41, 5.74) is 1.30. The van der Waals surface area contributed by atoms with Gasteiger partial charge in [0.25, 0.3) is 0 Å². The van der Waals surface area contributed by atoms with Gasteiger partial charge in [-0.1, -0.05) is 23.7 Å². The van der Waals surface area contributed by atoms with Crippen LogP contribution in [0.3, 0.4) is 0 Å². The van der Waals surface area contributed by atoms with Crippen molar-refractivity contribution in [1.82, 2.24) is 15.3 Å². The third-order valence-corrected chi connectivity index (χ3v) is 6.16. The molecule has 1 fully saturated rings. The Hall–Kier alpha value is -3.00. The second-order valence-electron chi connectivity index (χ2n) is 8.59. The number of benzene rings is 2. The van der Waals surface area contributed by atoms with Gasteiger partial charge in [-0.2, -0.15) is 4.98 Å². The van der Waals surface area contributed by atoms with Gasteiger partial charge in [-0.3, -0.25) is 4.79 Å². The lowest BCUT2D eigenvalue weighted by Crippen LogP contribution is -2.35. The molecule has 1 aromatic heterocycles. The molecule has 3 aromatic rings. The van der Waals surface area contributed by atoms with E-state index in [-0.39, 0.29) is 17.9 Å². The van der Waals surface area contributed by atoms with Crippen molar-refractivity contribution >= 4 is 40.2 Å². The summed E-state index contributed by atoms with van der Waals surface area (Å²) in [6, 6.07) is 9.74. The van der Waals surface area contributed by atoms with Crippen molar-refractivity contribution in [3.63, 3.8) is 0 Å². The molecule has 9 heteroatoms. The first kappa shape index (κ1) is 23.2. The third kappa shape index (κ3) is 5.50. The Kier molecular flexibility index (Phi) is 6.93. The van der Waals surface area contributed by atoms with Crippen LogP contribution in [0.2, 0.25) is 5.02 Å². The van der Waals surface area contributed by atoms with Crippen LogP contribution in [-0.2, 0) is 11.3 Å². The molecule has 1 aliphatic carbocycles. The van der Waals surface area contributed by atoms with Crippen LogP contribution < -0.4 is 15.5 Å². The zero-order chi connectivity index (χ0) is 23.5. The zero-order valence-corrected chi connectivity index (χ0v) is 19.3. The highest BCUT2D eigenvalue weighted by Gasteiger charge is 2.27. The predicted octanol–water partition coefficient (Wildman–Crippen LogP) is 4.91. The summed E-state index contributed by atoms with van der Waals surface area (Å²) in [5.74, 6) is -0.999. The molecule has 0 saturated heterocycles. The van der Waals surface area contributed by atoms with E-state index in [0.29, 0.717) is 34.2 Å². The molecule has 4 rings (SSSR count). The maximum atomic E-state index is 13.8.